The molecule has 0 bridgehead atoms. The molecule has 1 aliphatic heterocycles. The molecule has 0 aromatic carbocycles. The predicted octanol–water partition coefficient (Wildman–Crippen LogP) is 2.92. The van der Waals surface area contributed by atoms with Crippen LogP contribution in [0.5, 0.6) is 0 Å². The van der Waals surface area contributed by atoms with Gasteiger partial charge in [-0.3, -0.25) is 0 Å². The molecule has 0 radical (unpaired) electrons. The molecular weight excluding hydrogens is 146 g/mol. The quantitative estimate of drug-likeness (QED) is 0.614. The average molecular weight is 161 g/mol. The van der Waals surface area contributed by atoms with Crippen LogP contribution >= 0.6 is 0 Å². The Bertz CT molecular complexity index is 177. The van der Waals surface area contributed by atoms with E-state index in [4.69, 9.17) is 0 Å². The molecule has 0 aromatic rings. The zero-order chi connectivity index (χ0) is 9.07. The molecule has 0 amide bonds. The Balaban J connectivity index is 0.000000217. The Morgan fingerprint density at radius 2 is 1.42 bits per heavy atom. The van der Waals surface area contributed by atoms with Gasteiger partial charge in [0, 0.05) is 12.4 Å². The molecule has 1 rings (SSSR count). The monoisotopic (exact) mass is 161 g/mol. The SMILES string of the molecule is C1=CC=CNC=C1.C=CCC=C. The van der Waals surface area contributed by atoms with Gasteiger partial charge in [-0.05, 0) is 18.6 Å². The summed E-state index contributed by atoms with van der Waals surface area (Å²) in [4.78, 5) is 0. The molecular formula is C11H15N. The van der Waals surface area contributed by atoms with Gasteiger partial charge >= 0.3 is 0 Å². The Kier molecular flexibility index (Phi) is 8.31. The highest BCUT2D eigenvalue weighted by Crippen LogP contribution is 1.81. The minimum absolute atomic E-state index is 0.917. The standard InChI is InChI=1S/C6H7N.C5H8/c1-2-4-6-7-5-3-1;1-3-5-4-2/h1-7H;3-4H,1-2,5H2. The van der Waals surface area contributed by atoms with Crippen LogP contribution in [-0.2, 0) is 0 Å². The minimum Gasteiger partial charge on any atom is -0.368 e. The van der Waals surface area contributed by atoms with E-state index >= 15 is 0 Å². The van der Waals surface area contributed by atoms with Crippen LogP contribution in [-0.4, -0.2) is 0 Å². The van der Waals surface area contributed by atoms with Crippen molar-refractivity contribution in [2.24, 2.45) is 0 Å². The fraction of sp³-hybridized carbons (Fsp3) is 0.0909. The van der Waals surface area contributed by atoms with Crippen molar-refractivity contribution in [3.63, 3.8) is 0 Å². The number of rotatable bonds is 2. The van der Waals surface area contributed by atoms with E-state index in [2.05, 4.69) is 18.5 Å². The smallest absolute Gasteiger partial charge is 0.000442 e. The normalized spacial score (nSPS) is 12.0. The molecule has 0 spiro atoms. The fourth-order valence-corrected chi connectivity index (χ4v) is 0.524. The number of hydrogen-bond donors (Lipinski definition) is 1. The summed E-state index contributed by atoms with van der Waals surface area (Å²) in [5, 5.41) is 2.92. The lowest BCUT2D eigenvalue weighted by atomic mass is 10.4. The summed E-state index contributed by atoms with van der Waals surface area (Å²) < 4.78 is 0. The van der Waals surface area contributed by atoms with Gasteiger partial charge < -0.3 is 5.32 Å². The van der Waals surface area contributed by atoms with Crippen LogP contribution in [0.3, 0.4) is 0 Å². The second-order valence-corrected chi connectivity index (χ2v) is 2.08. The van der Waals surface area contributed by atoms with Crippen molar-refractivity contribution in [2.75, 3.05) is 0 Å². The zero-order valence-electron chi connectivity index (χ0n) is 7.24. The first-order chi connectivity index (χ1) is 5.91. The van der Waals surface area contributed by atoms with Gasteiger partial charge in [0.25, 0.3) is 0 Å². The summed E-state index contributed by atoms with van der Waals surface area (Å²) in [6, 6.07) is 0. The molecule has 1 N–H and O–H groups in total. The highest BCUT2D eigenvalue weighted by atomic mass is 14.8. The van der Waals surface area contributed by atoms with Crippen LogP contribution in [0.1, 0.15) is 6.42 Å². The largest absolute Gasteiger partial charge is 0.368 e. The Labute approximate surface area is 74.5 Å². The lowest BCUT2D eigenvalue weighted by molar-refractivity contribution is 1.20. The number of allylic oxidation sites excluding steroid dienone is 6. The van der Waals surface area contributed by atoms with Crippen LogP contribution in [0.15, 0.2) is 62.0 Å². The third-order valence-corrected chi connectivity index (χ3v) is 1.05. The van der Waals surface area contributed by atoms with E-state index in [1.807, 2.05) is 48.9 Å². The maximum absolute atomic E-state index is 3.48. The molecule has 1 heterocycles. The molecule has 0 saturated heterocycles. The number of hydrogen-bond acceptors (Lipinski definition) is 1. The number of nitrogens with one attached hydrogen (secondary N) is 1. The van der Waals surface area contributed by atoms with E-state index in [1.54, 1.807) is 0 Å². The minimum atomic E-state index is 0.917. The summed E-state index contributed by atoms with van der Waals surface area (Å²) in [5.41, 5.74) is 0. The van der Waals surface area contributed by atoms with Crippen LogP contribution in [0, 0.1) is 0 Å². The third-order valence-electron chi connectivity index (χ3n) is 1.05. The zero-order valence-corrected chi connectivity index (χ0v) is 7.24. The van der Waals surface area contributed by atoms with E-state index in [0.29, 0.717) is 0 Å². The van der Waals surface area contributed by atoms with E-state index in [9.17, 15) is 0 Å². The summed E-state index contributed by atoms with van der Waals surface area (Å²) >= 11 is 0. The molecule has 0 aliphatic carbocycles. The second-order valence-electron chi connectivity index (χ2n) is 2.08. The summed E-state index contributed by atoms with van der Waals surface area (Å²) in [6.45, 7) is 6.96. The third kappa shape index (κ3) is 8.50. The topological polar surface area (TPSA) is 12.0 Å². The van der Waals surface area contributed by atoms with E-state index in [1.165, 1.54) is 0 Å². The molecule has 1 nitrogen and oxygen atoms in total. The summed E-state index contributed by atoms with van der Waals surface area (Å²) in [7, 11) is 0. The molecule has 0 aromatic heterocycles. The van der Waals surface area contributed by atoms with Gasteiger partial charge in [-0.1, -0.05) is 24.3 Å². The van der Waals surface area contributed by atoms with Gasteiger partial charge in [0.2, 0.25) is 0 Å². The lowest BCUT2D eigenvalue weighted by Gasteiger charge is -1.79. The van der Waals surface area contributed by atoms with Crippen LogP contribution in [0.4, 0.5) is 0 Å². The fourth-order valence-electron chi connectivity index (χ4n) is 0.524. The summed E-state index contributed by atoms with van der Waals surface area (Å²) in [6.07, 6.45) is 16.1. The average Bonchev–Trinajstić information content (AvgIpc) is 2.37. The maximum atomic E-state index is 3.48. The Morgan fingerprint density at radius 3 is 1.75 bits per heavy atom. The molecule has 12 heavy (non-hydrogen) atoms. The second kappa shape index (κ2) is 9.50. The van der Waals surface area contributed by atoms with Crippen molar-refractivity contribution in [3.05, 3.63) is 62.0 Å². The first-order valence-corrected chi connectivity index (χ1v) is 3.88. The molecule has 0 unspecified atom stereocenters. The molecule has 0 saturated carbocycles. The van der Waals surface area contributed by atoms with E-state index in [0.717, 1.165) is 6.42 Å². The van der Waals surface area contributed by atoms with Crippen molar-refractivity contribution in [1.29, 1.82) is 0 Å². The van der Waals surface area contributed by atoms with Crippen molar-refractivity contribution in [1.82, 2.24) is 5.32 Å². The van der Waals surface area contributed by atoms with E-state index < -0.39 is 0 Å². The lowest BCUT2D eigenvalue weighted by Crippen LogP contribution is -1.87. The molecule has 0 atom stereocenters. The van der Waals surface area contributed by atoms with Gasteiger partial charge in [0.15, 0.2) is 0 Å². The van der Waals surface area contributed by atoms with Crippen LogP contribution in [0.2, 0.25) is 0 Å². The highest BCUT2D eigenvalue weighted by Gasteiger charge is 1.67. The van der Waals surface area contributed by atoms with Gasteiger partial charge in [-0.15, -0.1) is 13.2 Å². The Morgan fingerprint density at radius 1 is 0.917 bits per heavy atom. The maximum Gasteiger partial charge on any atom is 0.000442 e. The van der Waals surface area contributed by atoms with Crippen LogP contribution in [0.25, 0.3) is 0 Å². The van der Waals surface area contributed by atoms with Crippen molar-refractivity contribution < 1.29 is 0 Å². The van der Waals surface area contributed by atoms with E-state index in [-0.39, 0.29) is 0 Å². The van der Waals surface area contributed by atoms with Crippen LogP contribution < -0.4 is 5.32 Å². The summed E-state index contributed by atoms with van der Waals surface area (Å²) in [5.74, 6) is 0. The highest BCUT2D eigenvalue weighted by molar-refractivity contribution is 5.14. The van der Waals surface area contributed by atoms with Crippen molar-refractivity contribution in [2.45, 2.75) is 6.42 Å². The first kappa shape index (κ1) is 10.5. The first-order valence-electron chi connectivity index (χ1n) is 3.88. The molecule has 1 aliphatic rings. The van der Waals surface area contributed by atoms with Crippen molar-refractivity contribution in [3.8, 4) is 0 Å². The van der Waals surface area contributed by atoms with Crippen molar-refractivity contribution >= 4 is 0 Å². The Hall–Kier alpha value is -1.50. The van der Waals surface area contributed by atoms with Gasteiger partial charge in [-0.25, -0.2) is 0 Å². The van der Waals surface area contributed by atoms with Gasteiger partial charge in [0.05, 0.1) is 0 Å². The molecule has 64 valence electrons. The molecule has 1 heteroatoms. The predicted molar refractivity (Wildman–Crippen MR) is 55.6 cm³/mol. The van der Waals surface area contributed by atoms with Gasteiger partial charge in [-0.2, -0.15) is 0 Å². The molecule has 0 fully saturated rings. The van der Waals surface area contributed by atoms with Gasteiger partial charge in [0.1, 0.15) is 0 Å².